The molecule has 1 amide bonds. The van der Waals surface area contributed by atoms with Gasteiger partial charge < -0.3 is 10.6 Å². The molecule has 1 aromatic heterocycles. The van der Waals surface area contributed by atoms with E-state index in [-0.39, 0.29) is 24.1 Å². The molecular weight excluding hydrogens is 232 g/mol. The van der Waals surface area contributed by atoms with Crippen molar-refractivity contribution in [2.45, 2.75) is 39.4 Å². The lowest BCUT2D eigenvalue weighted by atomic mass is 10.1. The summed E-state index contributed by atoms with van der Waals surface area (Å²) in [7, 11) is 0. The van der Waals surface area contributed by atoms with Gasteiger partial charge in [0, 0.05) is 31.6 Å². The molecule has 0 radical (unpaired) electrons. The van der Waals surface area contributed by atoms with Gasteiger partial charge in [0.15, 0.2) is 0 Å². The van der Waals surface area contributed by atoms with Crippen LogP contribution in [0.5, 0.6) is 0 Å². The molecule has 2 rings (SSSR count). The van der Waals surface area contributed by atoms with E-state index in [1.807, 2.05) is 13.8 Å². The third-order valence-corrected chi connectivity index (χ3v) is 2.76. The molecule has 6 heteroatoms. The van der Waals surface area contributed by atoms with E-state index >= 15 is 0 Å². The summed E-state index contributed by atoms with van der Waals surface area (Å²) in [4.78, 5) is 23.4. The van der Waals surface area contributed by atoms with Gasteiger partial charge in [0.2, 0.25) is 5.91 Å². The average molecular weight is 250 g/mol. The Morgan fingerprint density at radius 1 is 1.61 bits per heavy atom. The maximum Gasteiger partial charge on any atom is 0.267 e. The van der Waals surface area contributed by atoms with Crippen molar-refractivity contribution in [3.63, 3.8) is 0 Å². The van der Waals surface area contributed by atoms with E-state index in [0.29, 0.717) is 6.54 Å². The average Bonchev–Trinajstić information content (AvgIpc) is 2.29. The summed E-state index contributed by atoms with van der Waals surface area (Å²) in [6.45, 7) is 5.28. The summed E-state index contributed by atoms with van der Waals surface area (Å²) in [5.74, 6) is -0.187. The molecule has 0 unspecified atom stereocenters. The van der Waals surface area contributed by atoms with E-state index in [2.05, 4.69) is 15.7 Å². The van der Waals surface area contributed by atoms with Crippen LogP contribution in [-0.2, 0) is 24.3 Å². The number of hydrogen-bond acceptors (Lipinski definition) is 4. The lowest BCUT2D eigenvalue weighted by molar-refractivity contribution is -0.122. The first-order valence-electron chi connectivity index (χ1n) is 6.16. The van der Waals surface area contributed by atoms with Crippen LogP contribution < -0.4 is 16.2 Å². The largest absolute Gasteiger partial charge is 0.352 e. The van der Waals surface area contributed by atoms with Crippen LogP contribution in [0.2, 0.25) is 0 Å². The molecule has 2 N–H and O–H groups in total. The first-order valence-corrected chi connectivity index (χ1v) is 6.16. The predicted octanol–water partition coefficient (Wildman–Crippen LogP) is -0.586. The summed E-state index contributed by atoms with van der Waals surface area (Å²) in [5.41, 5.74) is 1.62. The molecule has 1 aromatic rings. The number of nitrogens with zero attached hydrogens (tertiary/aromatic N) is 2. The first-order chi connectivity index (χ1) is 8.56. The highest BCUT2D eigenvalue weighted by molar-refractivity contribution is 5.75. The van der Waals surface area contributed by atoms with Gasteiger partial charge in [-0.2, -0.15) is 5.10 Å². The van der Waals surface area contributed by atoms with Crippen molar-refractivity contribution in [2.75, 3.05) is 6.54 Å². The van der Waals surface area contributed by atoms with Crippen molar-refractivity contribution in [1.82, 2.24) is 20.4 Å². The molecule has 0 saturated carbocycles. The van der Waals surface area contributed by atoms with Crippen LogP contribution in [0.4, 0.5) is 0 Å². The molecule has 0 saturated heterocycles. The minimum Gasteiger partial charge on any atom is -0.352 e. The molecule has 98 valence electrons. The van der Waals surface area contributed by atoms with Gasteiger partial charge in [-0.25, -0.2) is 4.68 Å². The number of carbonyl (C=O) groups is 1. The molecule has 0 aliphatic carbocycles. The van der Waals surface area contributed by atoms with E-state index in [1.54, 1.807) is 6.07 Å². The van der Waals surface area contributed by atoms with Crippen LogP contribution in [0.3, 0.4) is 0 Å². The molecule has 0 fully saturated rings. The van der Waals surface area contributed by atoms with Gasteiger partial charge in [-0.1, -0.05) is 0 Å². The van der Waals surface area contributed by atoms with Gasteiger partial charge in [0.1, 0.15) is 6.54 Å². The highest BCUT2D eigenvalue weighted by Gasteiger charge is 2.14. The van der Waals surface area contributed by atoms with Gasteiger partial charge in [-0.15, -0.1) is 0 Å². The fraction of sp³-hybridized carbons (Fsp3) is 0.583. The monoisotopic (exact) mass is 250 g/mol. The number of rotatable bonds is 3. The summed E-state index contributed by atoms with van der Waals surface area (Å²) < 4.78 is 1.24. The summed E-state index contributed by atoms with van der Waals surface area (Å²) in [6, 6.07) is 1.63. The maximum atomic E-state index is 11.8. The summed E-state index contributed by atoms with van der Waals surface area (Å²) >= 11 is 0. The maximum absolute atomic E-state index is 11.8. The van der Waals surface area contributed by atoms with E-state index in [4.69, 9.17) is 0 Å². The molecule has 0 aromatic carbocycles. The molecule has 18 heavy (non-hydrogen) atoms. The lowest BCUT2D eigenvalue weighted by Crippen LogP contribution is -2.38. The Balaban J connectivity index is 2.18. The third kappa shape index (κ3) is 2.95. The molecule has 0 atom stereocenters. The smallest absolute Gasteiger partial charge is 0.267 e. The van der Waals surface area contributed by atoms with Gasteiger partial charge in [0.05, 0.1) is 5.69 Å². The van der Waals surface area contributed by atoms with Crippen molar-refractivity contribution >= 4 is 5.91 Å². The van der Waals surface area contributed by atoms with Crippen molar-refractivity contribution in [3.05, 3.63) is 27.7 Å². The number of amides is 1. The summed E-state index contributed by atoms with van der Waals surface area (Å²) in [6.07, 6.45) is 0.793. The van der Waals surface area contributed by atoms with Crippen molar-refractivity contribution in [1.29, 1.82) is 0 Å². The van der Waals surface area contributed by atoms with Crippen molar-refractivity contribution in [3.8, 4) is 0 Å². The number of fused-ring (bicyclic) bond motifs is 1. The molecular formula is C12H18N4O2. The molecule has 1 aliphatic rings. The van der Waals surface area contributed by atoms with Crippen LogP contribution in [-0.4, -0.2) is 28.3 Å². The fourth-order valence-corrected chi connectivity index (χ4v) is 1.98. The Morgan fingerprint density at radius 2 is 2.39 bits per heavy atom. The molecule has 0 bridgehead atoms. The van der Waals surface area contributed by atoms with E-state index in [9.17, 15) is 9.59 Å². The SMILES string of the molecule is CC(C)NC(=O)Cn1nc2c(cc1=O)CNCC2. The molecule has 2 heterocycles. The van der Waals surface area contributed by atoms with Crippen LogP contribution in [0.25, 0.3) is 0 Å². The second kappa shape index (κ2) is 5.30. The Morgan fingerprint density at radius 3 is 3.11 bits per heavy atom. The zero-order valence-corrected chi connectivity index (χ0v) is 10.7. The third-order valence-electron chi connectivity index (χ3n) is 2.76. The van der Waals surface area contributed by atoms with Crippen molar-refractivity contribution < 1.29 is 4.79 Å². The molecule has 0 spiro atoms. The molecule has 1 aliphatic heterocycles. The summed E-state index contributed by atoms with van der Waals surface area (Å²) in [5, 5.41) is 10.2. The van der Waals surface area contributed by atoms with Crippen LogP contribution >= 0.6 is 0 Å². The van der Waals surface area contributed by atoms with Gasteiger partial charge in [-0.3, -0.25) is 9.59 Å². The zero-order chi connectivity index (χ0) is 13.1. The Hall–Kier alpha value is -1.69. The zero-order valence-electron chi connectivity index (χ0n) is 10.7. The topological polar surface area (TPSA) is 76.0 Å². The van der Waals surface area contributed by atoms with E-state index in [1.165, 1.54) is 4.68 Å². The van der Waals surface area contributed by atoms with Gasteiger partial charge >= 0.3 is 0 Å². The Labute approximate surface area is 105 Å². The first kappa shape index (κ1) is 12.8. The number of nitrogens with one attached hydrogen (secondary N) is 2. The van der Waals surface area contributed by atoms with Crippen LogP contribution in [0.1, 0.15) is 25.1 Å². The minimum atomic E-state index is -0.226. The number of carbonyl (C=O) groups excluding carboxylic acids is 1. The highest BCUT2D eigenvalue weighted by Crippen LogP contribution is 2.07. The van der Waals surface area contributed by atoms with E-state index < -0.39 is 0 Å². The van der Waals surface area contributed by atoms with E-state index in [0.717, 1.165) is 24.2 Å². The van der Waals surface area contributed by atoms with Gasteiger partial charge in [-0.05, 0) is 19.4 Å². The molecule has 6 nitrogen and oxygen atoms in total. The van der Waals surface area contributed by atoms with Crippen LogP contribution in [0.15, 0.2) is 10.9 Å². The predicted molar refractivity (Wildman–Crippen MR) is 67.2 cm³/mol. The number of aromatic nitrogens is 2. The minimum absolute atomic E-state index is 0.0161. The fourth-order valence-electron chi connectivity index (χ4n) is 1.98. The van der Waals surface area contributed by atoms with Crippen LogP contribution in [0, 0.1) is 0 Å². The number of hydrogen-bond donors (Lipinski definition) is 2. The lowest BCUT2D eigenvalue weighted by Gasteiger charge is -2.17. The normalized spacial score (nSPS) is 14.4. The second-order valence-electron chi connectivity index (χ2n) is 4.76. The second-order valence-corrected chi connectivity index (χ2v) is 4.76. The van der Waals surface area contributed by atoms with Gasteiger partial charge in [0.25, 0.3) is 5.56 Å². The standard InChI is InChI=1S/C12H18N4O2/c1-8(2)14-11(17)7-16-12(18)5-9-6-13-4-3-10(9)15-16/h5,8,13H,3-4,6-7H2,1-2H3,(H,14,17). The Kier molecular flexibility index (Phi) is 3.76. The highest BCUT2D eigenvalue weighted by atomic mass is 16.2. The Bertz CT molecular complexity index is 507. The quantitative estimate of drug-likeness (QED) is 0.752. The van der Waals surface area contributed by atoms with Crippen molar-refractivity contribution in [2.24, 2.45) is 0 Å².